The van der Waals surface area contributed by atoms with E-state index in [4.69, 9.17) is 0 Å². The van der Waals surface area contributed by atoms with Crippen LogP contribution in [0.15, 0.2) is 113 Å². The first-order chi connectivity index (χ1) is 18.0. The van der Waals surface area contributed by atoms with Gasteiger partial charge in [0.1, 0.15) is 0 Å². The molecule has 0 amide bonds. The molecule has 0 saturated carbocycles. The van der Waals surface area contributed by atoms with Gasteiger partial charge in [-0.2, -0.15) is 0 Å². The minimum Gasteiger partial charge on any atom is -0.316 e. The molecule has 38 heavy (non-hydrogen) atoms. The first-order valence-corrected chi connectivity index (χ1v) is 18.1. The highest BCUT2D eigenvalue weighted by atomic mass is 32.3. The molecule has 1 aliphatic heterocycles. The van der Waals surface area contributed by atoms with E-state index in [0.717, 1.165) is 10.2 Å². The van der Waals surface area contributed by atoms with E-state index in [2.05, 4.69) is 145 Å². The van der Waals surface area contributed by atoms with Crippen molar-refractivity contribution in [2.24, 2.45) is 0 Å². The molecule has 0 saturated heterocycles. The first kappa shape index (κ1) is 23.6. The van der Waals surface area contributed by atoms with Crippen LogP contribution in [0.1, 0.15) is 25.0 Å². The summed E-state index contributed by atoms with van der Waals surface area (Å²) in [5, 5.41) is 4.18. The molecule has 1 aliphatic rings. The van der Waals surface area contributed by atoms with E-state index in [1.165, 1.54) is 49.5 Å². The van der Waals surface area contributed by atoms with Crippen LogP contribution < -0.4 is 5.19 Å². The SMILES string of the molecule is CC(C)(c1cn(-c2ccccc2)c2ccc([SiH3])cc12)c1cn(-c2ccccc2)c2cc3c(cc12)[SH]3(C)(C)C. The molecule has 6 aromatic rings. The summed E-state index contributed by atoms with van der Waals surface area (Å²) in [5.41, 5.74) is 7.61. The molecule has 2 aromatic heterocycles. The largest absolute Gasteiger partial charge is 0.316 e. The number of nitrogens with zero attached hydrogens (tertiary/aromatic N) is 2. The minimum absolute atomic E-state index is 0.194. The van der Waals surface area contributed by atoms with E-state index in [9.17, 15) is 0 Å². The lowest BCUT2D eigenvalue weighted by molar-refractivity contribution is 0.649. The van der Waals surface area contributed by atoms with Gasteiger partial charge in [0.25, 0.3) is 0 Å². The Kier molecular flexibility index (Phi) is 4.70. The minimum atomic E-state index is -1.87. The van der Waals surface area contributed by atoms with Crippen LogP contribution >= 0.6 is 9.16 Å². The smallest absolute Gasteiger partial charge is 0.0542 e. The number of benzene rings is 4. The average Bonchev–Trinajstić information content (AvgIpc) is 3.24. The maximum Gasteiger partial charge on any atom is 0.0542 e. The highest BCUT2D eigenvalue weighted by molar-refractivity contribution is 8.52. The van der Waals surface area contributed by atoms with E-state index in [0.29, 0.717) is 0 Å². The molecule has 0 atom stereocenters. The number of para-hydroxylation sites is 2. The molecular weight excluding hydrogens is 497 g/mol. The highest BCUT2D eigenvalue weighted by Gasteiger charge is 2.48. The van der Waals surface area contributed by atoms with E-state index < -0.39 is 9.16 Å². The van der Waals surface area contributed by atoms with Gasteiger partial charge in [-0.1, -0.05) is 67.6 Å². The predicted molar refractivity (Wildman–Crippen MR) is 172 cm³/mol. The van der Waals surface area contributed by atoms with Crippen molar-refractivity contribution in [2.75, 3.05) is 18.8 Å². The van der Waals surface area contributed by atoms with Crippen LogP contribution in [0.4, 0.5) is 0 Å². The second-order valence-corrected chi connectivity index (χ2v) is 20.5. The van der Waals surface area contributed by atoms with E-state index in [1.807, 2.05) is 0 Å². The first-order valence-electron chi connectivity index (χ1n) is 13.5. The number of hydrogen-bond acceptors (Lipinski definition) is 0. The quantitative estimate of drug-likeness (QED) is 0.149. The van der Waals surface area contributed by atoms with E-state index in [-0.39, 0.29) is 5.41 Å². The monoisotopic (exact) mass is 532 g/mol. The zero-order valence-electron chi connectivity index (χ0n) is 23.2. The molecular formula is C34H36N2SSi. The Morgan fingerprint density at radius 2 is 1.11 bits per heavy atom. The molecule has 0 fully saturated rings. The Morgan fingerprint density at radius 1 is 0.605 bits per heavy atom. The van der Waals surface area contributed by atoms with Crippen molar-refractivity contribution >= 4 is 46.4 Å². The van der Waals surface area contributed by atoms with Gasteiger partial charge < -0.3 is 9.13 Å². The molecule has 7 rings (SSSR count). The van der Waals surface area contributed by atoms with E-state index in [1.54, 1.807) is 9.79 Å². The van der Waals surface area contributed by atoms with Gasteiger partial charge in [0.2, 0.25) is 0 Å². The van der Waals surface area contributed by atoms with Crippen molar-refractivity contribution in [1.29, 1.82) is 0 Å². The van der Waals surface area contributed by atoms with Gasteiger partial charge in [-0.3, -0.25) is 0 Å². The fourth-order valence-electron chi connectivity index (χ4n) is 6.43. The van der Waals surface area contributed by atoms with Gasteiger partial charge >= 0.3 is 0 Å². The molecule has 0 unspecified atom stereocenters. The van der Waals surface area contributed by atoms with Crippen molar-refractivity contribution < 1.29 is 0 Å². The molecule has 0 aliphatic carbocycles. The number of hydrogen-bond donors (Lipinski definition) is 1. The Hall–Kier alpha value is -3.47. The summed E-state index contributed by atoms with van der Waals surface area (Å²) in [6.07, 6.45) is 12.3. The second kappa shape index (κ2) is 7.55. The fraction of sp³-hybridized carbons (Fsp3) is 0.176. The van der Waals surface area contributed by atoms with Crippen molar-refractivity contribution in [2.45, 2.75) is 29.1 Å². The zero-order valence-corrected chi connectivity index (χ0v) is 26.1. The van der Waals surface area contributed by atoms with Crippen LogP contribution in [0.2, 0.25) is 0 Å². The second-order valence-electron chi connectivity index (χ2n) is 12.8. The number of aromatic nitrogens is 2. The van der Waals surface area contributed by atoms with Gasteiger partial charge in [-0.15, -0.1) is 0 Å². The maximum atomic E-state index is 2.54. The molecule has 4 heteroatoms. The summed E-state index contributed by atoms with van der Waals surface area (Å²) in [5.74, 6) is 0. The third-order valence-electron chi connectivity index (χ3n) is 8.91. The third kappa shape index (κ3) is 3.26. The third-order valence-corrected chi connectivity index (χ3v) is 13.4. The van der Waals surface area contributed by atoms with Crippen LogP contribution in [0.3, 0.4) is 0 Å². The predicted octanol–water partition coefficient (Wildman–Crippen LogP) is 6.58. The van der Waals surface area contributed by atoms with Crippen molar-refractivity contribution in [3.63, 3.8) is 0 Å². The summed E-state index contributed by atoms with van der Waals surface area (Å²) in [7, 11) is -0.826. The van der Waals surface area contributed by atoms with Crippen LogP contribution in [0, 0.1) is 0 Å². The Morgan fingerprint density at radius 3 is 1.68 bits per heavy atom. The van der Waals surface area contributed by atoms with Crippen LogP contribution in [-0.2, 0) is 5.41 Å². The molecule has 2 nitrogen and oxygen atoms in total. The Balaban J connectivity index is 1.52. The van der Waals surface area contributed by atoms with Gasteiger partial charge in [0.15, 0.2) is 0 Å². The number of rotatable bonds is 4. The van der Waals surface area contributed by atoms with Crippen molar-refractivity contribution in [3.05, 3.63) is 115 Å². The standard InChI is InChI=1S/C34H36N2SSi/c1-34(2,28-21-35(23-12-8-6-9-13-23)30-17-16-25(38)18-26(28)30)29-22-36(24-14-10-7-11-15-24)31-20-33-32(19-27(29)31)37(33,3,4)5/h6-22,37H,1-5,38H3. The maximum absolute atomic E-state index is 2.54. The van der Waals surface area contributed by atoms with Gasteiger partial charge in [0, 0.05) is 50.2 Å². The van der Waals surface area contributed by atoms with Gasteiger partial charge in [0.05, 0.1) is 11.0 Å². The molecule has 3 heterocycles. The molecule has 4 aromatic carbocycles. The Labute approximate surface area is 228 Å². The van der Waals surface area contributed by atoms with E-state index >= 15 is 0 Å². The summed E-state index contributed by atoms with van der Waals surface area (Å²) < 4.78 is 4.80. The van der Waals surface area contributed by atoms with Crippen LogP contribution in [-0.4, -0.2) is 38.1 Å². The molecule has 192 valence electrons. The molecule has 0 N–H and O–H groups in total. The summed E-state index contributed by atoms with van der Waals surface area (Å²) >= 11 is 0. The number of fused-ring (bicyclic) bond motifs is 3. The Bertz CT molecular complexity index is 1880. The normalized spacial score (nSPS) is 16.8. The lowest BCUT2D eigenvalue weighted by atomic mass is 9.78. The summed E-state index contributed by atoms with van der Waals surface area (Å²) in [6.45, 7) is 4.83. The zero-order chi connectivity index (χ0) is 26.5. The number of thiol groups is 1. The van der Waals surface area contributed by atoms with Crippen molar-refractivity contribution in [1.82, 2.24) is 9.13 Å². The fourth-order valence-corrected chi connectivity index (χ4v) is 10.3. The van der Waals surface area contributed by atoms with Crippen LogP contribution in [0.5, 0.6) is 0 Å². The summed E-state index contributed by atoms with van der Waals surface area (Å²) in [6, 6.07) is 33.6. The van der Waals surface area contributed by atoms with Crippen molar-refractivity contribution in [3.8, 4) is 11.4 Å². The van der Waals surface area contributed by atoms with Gasteiger partial charge in [-0.25, -0.2) is 9.16 Å². The molecule has 0 bridgehead atoms. The lowest BCUT2D eigenvalue weighted by Gasteiger charge is -2.30. The highest BCUT2D eigenvalue weighted by Crippen LogP contribution is 2.89. The lowest BCUT2D eigenvalue weighted by Crippen LogP contribution is -2.18. The van der Waals surface area contributed by atoms with Crippen LogP contribution in [0.25, 0.3) is 33.2 Å². The average molecular weight is 533 g/mol. The topological polar surface area (TPSA) is 9.86 Å². The summed E-state index contributed by atoms with van der Waals surface area (Å²) in [4.78, 5) is 3.18. The molecule has 0 spiro atoms. The molecule has 0 radical (unpaired) electrons. The van der Waals surface area contributed by atoms with Gasteiger partial charge in [-0.05, 0) is 82.1 Å².